The lowest BCUT2D eigenvalue weighted by Crippen LogP contribution is -2.45. The van der Waals surface area contributed by atoms with E-state index >= 15 is 0 Å². The van der Waals surface area contributed by atoms with Crippen LogP contribution in [0.2, 0.25) is 0 Å². The van der Waals surface area contributed by atoms with Crippen LogP contribution in [0.5, 0.6) is 5.75 Å². The molecule has 0 bridgehead atoms. The second-order valence-electron chi connectivity index (χ2n) is 6.34. The van der Waals surface area contributed by atoms with E-state index < -0.39 is 12.7 Å². The van der Waals surface area contributed by atoms with Crippen LogP contribution in [0.25, 0.3) is 0 Å². The van der Waals surface area contributed by atoms with Gasteiger partial charge in [-0.25, -0.2) is 0 Å². The van der Waals surface area contributed by atoms with E-state index in [1.165, 1.54) is 4.90 Å². The number of methoxy groups -OCH3 is 1. The van der Waals surface area contributed by atoms with Gasteiger partial charge in [-0.3, -0.25) is 9.89 Å². The molecule has 0 radical (unpaired) electrons. The van der Waals surface area contributed by atoms with Crippen molar-refractivity contribution < 1.29 is 17.9 Å². The predicted molar refractivity (Wildman–Crippen MR) is 96.7 cm³/mol. The van der Waals surface area contributed by atoms with Gasteiger partial charge in [0.05, 0.1) is 13.7 Å². The first-order valence-electron chi connectivity index (χ1n) is 8.86. The highest BCUT2D eigenvalue weighted by molar-refractivity contribution is 5.80. The van der Waals surface area contributed by atoms with Crippen molar-refractivity contribution in [2.75, 3.05) is 39.8 Å². The summed E-state index contributed by atoms with van der Waals surface area (Å²) in [4.78, 5) is 5.97. The second kappa shape index (κ2) is 9.66. The molecule has 1 aromatic rings. The number of benzene rings is 1. The summed E-state index contributed by atoms with van der Waals surface area (Å²) >= 11 is 0. The SMILES string of the molecule is CCNC(=NCCc1cccc(OC)c1)NC1CCN(CC(F)(F)F)C1. The summed E-state index contributed by atoms with van der Waals surface area (Å²) in [5.74, 6) is 1.46. The van der Waals surface area contributed by atoms with Gasteiger partial charge in [-0.2, -0.15) is 13.2 Å². The smallest absolute Gasteiger partial charge is 0.401 e. The molecule has 0 amide bonds. The number of hydrogen-bond donors (Lipinski definition) is 2. The van der Waals surface area contributed by atoms with Crippen LogP contribution in [0.15, 0.2) is 29.3 Å². The first-order chi connectivity index (χ1) is 12.4. The molecule has 146 valence electrons. The fraction of sp³-hybridized carbons (Fsp3) is 0.611. The molecule has 1 saturated heterocycles. The monoisotopic (exact) mass is 372 g/mol. The lowest BCUT2D eigenvalue weighted by molar-refractivity contribution is -0.143. The van der Waals surface area contributed by atoms with Gasteiger partial charge in [0.2, 0.25) is 0 Å². The van der Waals surface area contributed by atoms with Crippen LogP contribution in [0.4, 0.5) is 13.2 Å². The Balaban J connectivity index is 1.84. The van der Waals surface area contributed by atoms with Crippen LogP contribution < -0.4 is 15.4 Å². The number of aliphatic imine (C=N–C) groups is 1. The minimum atomic E-state index is -4.15. The minimum absolute atomic E-state index is 0.0213. The van der Waals surface area contributed by atoms with Crippen molar-refractivity contribution in [3.8, 4) is 5.75 Å². The van der Waals surface area contributed by atoms with Crippen LogP contribution in [-0.4, -0.2) is 62.9 Å². The number of hydrogen-bond acceptors (Lipinski definition) is 3. The van der Waals surface area contributed by atoms with Gasteiger partial charge in [0.1, 0.15) is 5.75 Å². The summed E-state index contributed by atoms with van der Waals surface area (Å²) < 4.78 is 42.7. The van der Waals surface area contributed by atoms with Crippen molar-refractivity contribution in [2.45, 2.75) is 32.0 Å². The third-order valence-corrected chi connectivity index (χ3v) is 4.16. The lowest BCUT2D eigenvalue weighted by Gasteiger charge is -2.19. The summed E-state index contributed by atoms with van der Waals surface area (Å²) in [6.45, 7) is 3.21. The van der Waals surface area contributed by atoms with Crippen LogP contribution in [0.1, 0.15) is 18.9 Å². The molecule has 1 heterocycles. The molecule has 26 heavy (non-hydrogen) atoms. The van der Waals surface area contributed by atoms with E-state index in [1.807, 2.05) is 31.2 Å². The maximum absolute atomic E-state index is 12.5. The van der Waals surface area contributed by atoms with Crippen molar-refractivity contribution in [1.82, 2.24) is 15.5 Å². The molecule has 2 N–H and O–H groups in total. The predicted octanol–water partition coefficient (Wildman–Crippen LogP) is 2.43. The molecule has 2 rings (SSSR count). The fourth-order valence-corrected chi connectivity index (χ4v) is 2.99. The molecule has 1 fully saturated rings. The number of guanidine groups is 1. The van der Waals surface area contributed by atoms with Gasteiger partial charge in [0, 0.05) is 32.2 Å². The van der Waals surface area contributed by atoms with Crippen LogP contribution in [-0.2, 0) is 6.42 Å². The number of halogens is 3. The molecular formula is C18H27F3N4O. The quantitative estimate of drug-likeness (QED) is 0.570. The van der Waals surface area contributed by atoms with Crippen LogP contribution in [0, 0.1) is 0 Å². The average molecular weight is 372 g/mol. The van der Waals surface area contributed by atoms with E-state index in [0.29, 0.717) is 38.6 Å². The van der Waals surface area contributed by atoms with Crippen molar-refractivity contribution in [2.24, 2.45) is 4.99 Å². The van der Waals surface area contributed by atoms with Gasteiger partial charge in [0.15, 0.2) is 5.96 Å². The molecular weight excluding hydrogens is 345 g/mol. The van der Waals surface area contributed by atoms with Gasteiger partial charge in [-0.05, 0) is 37.5 Å². The van der Waals surface area contributed by atoms with Gasteiger partial charge < -0.3 is 15.4 Å². The third kappa shape index (κ3) is 7.11. The average Bonchev–Trinajstić information content (AvgIpc) is 3.00. The summed E-state index contributed by atoms with van der Waals surface area (Å²) in [5, 5.41) is 6.40. The Morgan fingerprint density at radius 2 is 2.19 bits per heavy atom. The Labute approximate surface area is 152 Å². The van der Waals surface area contributed by atoms with Crippen molar-refractivity contribution in [3.05, 3.63) is 29.8 Å². The van der Waals surface area contributed by atoms with E-state index in [0.717, 1.165) is 17.7 Å². The standard InChI is InChI=1S/C18H27F3N4O/c1-3-22-17(23-9-7-14-5-4-6-16(11-14)26-2)24-15-8-10-25(12-15)13-18(19,20)21/h4-6,11,15H,3,7-10,12-13H2,1-2H3,(H2,22,23,24). The highest BCUT2D eigenvalue weighted by atomic mass is 19.4. The molecule has 1 unspecified atom stereocenters. The zero-order valence-electron chi connectivity index (χ0n) is 15.3. The van der Waals surface area contributed by atoms with Gasteiger partial charge in [0.25, 0.3) is 0 Å². The Bertz CT molecular complexity index is 592. The molecule has 0 saturated carbocycles. The number of likely N-dealkylation sites (tertiary alicyclic amines) is 1. The summed E-state index contributed by atoms with van der Waals surface area (Å²) in [6.07, 6.45) is -2.71. The molecule has 1 atom stereocenters. The lowest BCUT2D eigenvalue weighted by atomic mass is 10.1. The van der Waals surface area contributed by atoms with Crippen molar-refractivity contribution in [1.29, 1.82) is 0 Å². The maximum Gasteiger partial charge on any atom is 0.401 e. The largest absolute Gasteiger partial charge is 0.497 e. The normalized spacial score (nSPS) is 18.8. The van der Waals surface area contributed by atoms with Gasteiger partial charge >= 0.3 is 6.18 Å². The topological polar surface area (TPSA) is 48.9 Å². The summed E-state index contributed by atoms with van der Waals surface area (Å²) in [5.41, 5.74) is 1.13. The van der Waals surface area contributed by atoms with Gasteiger partial charge in [-0.15, -0.1) is 0 Å². The Hall–Kier alpha value is -1.96. The number of nitrogens with zero attached hydrogens (tertiary/aromatic N) is 2. The van der Waals surface area contributed by atoms with E-state index in [-0.39, 0.29) is 6.04 Å². The minimum Gasteiger partial charge on any atom is -0.497 e. The molecule has 0 aromatic heterocycles. The molecule has 1 aliphatic rings. The molecule has 0 spiro atoms. The molecule has 1 aliphatic heterocycles. The van der Waals surface area contributed by atoms with Crippen LogP contribution >= 0.6 is 0 Å². The maximum atomic E-state index is 12.5. The second-order valence-corrected chi connectivity index (χ2v) is 6.34. The van der Waals surface area contributed by atoms with E-state index in [9.17, 15) is 13.2 Å². The Morgan fingerprint density at radius 1 is 1.38 bits per heavy atom. The highest BCUT2D eigenvalue weighted by Gasteiger charge is 2.34. The fourth-order valence-electron chi connectivity index (χ4n) is 2.99. The number of nitrogens with one attached hydrogen (secondary N) is 2. The van der Waals surface area contributed by atoms with E-state index in [2.05, 4.69) is 15.6 Å². The van der Waals surface area contributed by atoms with E-state index in [4.69, 9.17) is 4.74 Å². The first-order valence-corrected chi connectivity index (χ1v) is 8.86. The zero-order valence-corrected chi connectivity index (χ0v) is 15.3. The van der Waals surface area contributed by atoms with Crippen molar-refractivity contribution >= 4 is 5.96 Å². The third-order valence-electron chi connectivity index (χ3n) is 4.16. The molecule has 5 nitrogen and oxygen atoms in total. The first kappa shape index (κ1) is 20.4. The molecule has 1 aromatic carbocycles. The van der Waals surface area contributed by atoms with Gasteiger partial charge in [-0.1, -0.05) is 12.1 Å². The van der Waals surface area contributed by atoms with Crippen LogP contribution in [0.3, 0.4) is 0 Å². The number of ether oxygens (including phenoxy) is 1. The van der Waals surface area contributed by atoms with E-state index in [1.54, 1.807) is 7.11 Å². The Kier molecular flexibility index (Phi) is 7.56. The zero-order chi connectivity index (χ0) is 19.0. The highest BCUT2D eigenvalue weighted by Crippen LogP contribution is 2.20. The molecule has 0 aliphatic carbocycles. The number of rotatable bonds is 7. The molecule has 8 heteroatoms. The summed E-state index contributed by atoms with van der Waals surface area (Å²) in [6, 6.07) is 7.80. The van der Waals surface area contributed by atoms with Crippen molar-refractivity contribution in [3.63, 3.8) is 0 Å². The summed E-state index contributed by atoms with van der Waals surface area (Å²) in [7, 11) is 1.63. The number of alkyl halides is 3. The Morgan fingerprint density at radius 3 is 2.88 bits per heavy atom.